The number of rotatable bonds is 8. The maximum absolute atomic E-state index is 5.47. The smallest absolute Gasteiger partial charge is 0.119 e. The molecule has 0 aromatic heterocycles. The molecule has 3 heteroatoms. The minimum absolute atomic E-state index is 0.328. The second kappa shape index (κ2) is 8.44. The summed E-state index contributed by atoms with van der Waals surface area (Å²) in [5.41, 5.74) is 2.59. The van der Waals surface area contributed by atoms with Crippen LogP contribution in [0.4, 0.5) is 0 Å². The van der Waals surface area contributed by atoms with Crippen LogP contribution in [0.3, 0.4) is 0 Å². The quantitative estimate of drug-likeness (QED) is 0.799. The van der Waals surface area contributed by atoms with Gasteiger partial charge in [-0.2, -0.15) is 0 Å². The van der Waals surface area contributed by atoms with Crippen molar-refractivity contribution in [3.8, 4) is 11.5 Å². The van der Waals surface area contributed by atoms with Gasteiger partial charge < -0.3 is 14.8 Å². The molecule has 0 heterocycles. The van der Waals surface area contributed by atoms with Gasteiger partial charge in [0.25, 0.3) is 0 Å². The molecule has 0 bridgehead atoms. The van der Waals surface area contributed by atoms with Crippen LogP contribution in [0.2, 0.25) is 0 Å². The Kier molecular flexibility index (Phi) is 6.28. The van der Waals surface area contributed by atoms with Crippen molar-refractivity contribution in [3.05, 3.63) is 59.7 Å². The molecule has 0 fully saturated rings. The molecule has 0 aliphatic carbocycles. The molecule has 2 aromatic carbocycles. The number of hydrogen-bond donors (Lipinski definition) is 1. The van der Waals surface area contributed by atoms with E-state index in [1.165, 1.54) is 11.1 Å². The van der Waals surface area contributed by atoms with E-state index in [9.17, 15) is 0 Å². The third kappa shape index (κ3) is 4.78. The van der Waals surface area contributed by atoms with E-state index in [0.717, 1.165) is 24.5 Å². The highest BCUT2D eigenvalue weighted by molar-refractivity contribution is 5.29. The summed E-state index contributed by atoms with van der Waals surface area (Å²) in [5.74, 6) is 1.83. The van der Waals surface area contributed by atoms with Gasteiger partial charge in [0.2, 0.25) is 0 Å². The fourth-order valence-corrected chi connectivity index (χ4v) is 2.36. The molecule has 0 saturated heterocycles. The Morgan fingerprint density at radius 1 is 0.955 bits per heavy atom. The Bertz CT molecular complexity index is 549. The zero-order chi connectivity index (χ0) is 15.8. The maximum atomic E-state index is 5.47. The van der Waals surface area contributed by atoms with Gasteiger partial charge in [-0.15, -0.1) is 0 Å². The Labute approximate surface area is 133 Å². The molecule has 0 saturated carbocycles. The van der Waals surface area contributed by atoms with E-state index >= 15 is 0 Å². The van der Waals surface area contributed by atoms with E-state index in [2.05, 4.69) is 36.5 Å². The average molecular weight is 299 g/mol. The molecule has 2 aromatic rings. The molecule has 0 aliphatic rings. The van der Waals surface area contributed by atoms with Gasteiger partial charge in [0.05, 0.1) is 13.7 Å². The summed E-state index contributed by atoms with van der Waals surface area (Å²) < 4.78 is 10.6. The fraction of sp³-hybridized carbons (Fsp3) is 0.368. The topological polar surface area (TPSA) is 30.5 Å². The van der Waals surface area contributed by atoms with Crippen molar-refractivity contribution in [2.45, 2.75) is 26.3 Å². The van der Waals surface area contributed by atoms with E-state index in [-0.39, 0.29) is 0 Å². The second-order valence-corrected chi connectivity index (χ2v) is 5.28. The standard InChI is InChI=1S/C19H25NO2/c1-4-22-19-11-7-17(8-12-19)15(2)20-14-13-16-5-9-18(21-3)10-6-16/h5-12,15,20H,4,13-14H2,1-3H3. The molecule has 0 spiro atoms. The number of benzene rings is 2. The van der Waals surface area contributed by atoms with Gasteiger partial charge in [0.15, 0.2) is 0 Å². The van der Waals surface area contributed by atoms with Gasteiger partial charge in [-0.05, 0) is 62.2 Å². The van der Waals surface area contributed by atoms with E-state index in [1.807, 2.05) is 31.2 Å². The molecule has 2 rings (SSSR count). The summed E-state index contributed by atoms with van der Waals surface area (Å²) in [7, 11) is 1.69. The van der Waals surface area contributed by atoms with Crippen molar-refractivity contribution >= 4 is 0 Å². The largest absolute Gasteiger partial charge is 0.497 e. The first-order chi connectivity index (χ1) is 10.7. The first-order valence-electron chi connectivity index (χ1n) is 7.82. The third-order valence-electron chi connectivity index (χ3n) is 3.71. The maximum Gasteiger partial charge on any atom is 0.119 e. The zero-order valence-corrected chi connectivity index (χ0v) is 13.6. The lowest BCUT2D eigenvalue weighted by Gasteiger charge is -2.15. The predicted octanol–water partition coefficient (Wildman–Crippen LogP) is 3.99. The van der Waals surface area contributed by atoms with E-state index in [0.29, 0.717) is 12.6 Å². The molecule has 0 amide bonds. The van der Waals surface area contributed by atoms with Crippen LogP contribution < -0.4 is 14.8 Å². The fourth-order valence-electron chi connectivity index (χ4n) is 2.36. The molecule has 0 radical (unpaired) electrons. The van der Waals surface area contributed by atoms with E-state index in [4.69, 9.17) is 9.47 Å². The minimum Gasteiger partial charge on any atom is -0.497 e. The molecule has 118 valence electrons. The number of methoxy groups -OCH3 is 1. The van der Waals surface area contributed by atoms with Gasteiger partial charge in [-0.25, -0.2) is 0 Å². The van der Waals surface area contributed by atoms with Gasteiger partial charge in [0, 0.05) is 6.04 Å². The van der Waals surface area contributed by atoms with Gasteiger partial charge >= 0.3 is 0 Å². The van der Waals surface area contributed by atoms with Crippen LogP contribution in [0.1, 0.15) is 31.0 Å². The second-order valence-electron chi connectivity index (χ2n) is 5.28. The Morgan fingerprint density at radius 3 is 2.18 bits per heavy atom. The molecule has 1 unspecified atom stereocenters. The van der Waals surface area contributed by atoms with Gasteiger partial charge in [-0.3, -0.25) is 0 Å². The van der Waals surface area contributed by atoms with Crippen molar-refractivity contribution in [1.82, 2.24) is 5.32 Å². The van der Waals surface area contributed by atoms with Crippen LogP contribution in [-0.2, 0) is 6.42 Å². The Morgan fingerprint density at radius 2 is 1.59 bits per heavy atom. The molecule has 3 nitrogen and oxygen atoms in total. The first-order valence-corrected chi connectivity index (χ1v) is 7.82. The highest BCUT2D eigenvalue weighted by Gasteiger charge is 2.05. The summed E-state index contributed by atoms with van der Waals surface area (Å²) in [4.78, 5) is 0. The van der Waals surface area contributed by atoms with Crippen LogP contribution in [0.5, 0.6) is 11.5 Å². The summed E-state index contributed by atoms with van der Waals surface area (Å²) in [6.07, 6.45) is 1.01. The highest BCUT2D eigenvalue weighted by atomic mass is 16.5. The number of nitrogens with one attached hydrogen (secondary N) is 1. The Balaban J connectivity index is 1.80. The summed E-state index contributed by atoms with van der Waals surface area (Å²) in [5, 5.41) is 3.56. The normalized spacial score (nSPS) is 12.0. The molecular formula is C19H25NO2. The molecular weight excluding hydrogens is 274 g/mol. The van der Waals surface area contributed by atoms with Crippen LogP contribution in [-0.4, -0.2) is 20.3 Å². The van der Waals surface area contributed by atoms with E-state index < -0.39 is 0 Å². The van der Waals surface area contributed by atoms with Gasteiger partial charge in [-0.1, -0.05) is 24.3 Å². The Hall–Kier alpha value is -2.00. The number of ether oxygens (including phenoxy) is 2. The minimum atomic E-state index is 0.328. The lowest BCUT2D eigenvalue weighted by atomic mass is 10.1. The highest BCUT2D eigenvalue weighted by Crippen LogP contribution is 2.18. The monoisotopic (exact) mass is 299 g/mol. The summed E-state index contributed by atoms with van der Waals surface area (Å²) >= 11 is 0. The number of hydrogen-bond acceptors (Lipinski definition) is 3. The van der Waals surface area contributed by atoms with E-state index in [1.54, 1.807) is 7.11 Å². The predicted molar refractivity (Wildman–Crippen MR) is 90.7 cm³/mol. The van der Waals surface area contributed by atoms with Gasteiger partial charge in [0.1, 0.15) is 11.5 Å². The van der Waals surface area contributed by atoms with Crippen molar-refractivity contribution < 1.29 is 9.47 Å². The van der Waals surface area contributed by atoms with Crippen molar-refractivity contribution in [2.75, 3.05) is 20.3 Å². The molecule has 1 N–H and O–H groups in total. The molecule has 0 aliphatic heterocycles. The zero-order valence-electron chi connectivity index (χ0n) is 13.6. The van der Waals surface area contributed by atoms with Crippen LogP contribution in [0.15, 0.2) is 48.5 Å². The molecule has 22 heavy (non-hydrogen) atoms. The lowest BCUT2D eigenvalue weighted by molar-refractivity contribution is 0.340. The van der Waals surface area contributed by atoms with Crippen LogP contribution >= 0.6 is 0 Å². The van der Waals surface area contributed by atoms with Crippen molar-refractivity contribution in [1.29, 1.82) is 0 Å². The van der Waals surface area contributed by atoms with Crippen LogP contribution in [0, 0.1) is 0 Å². The summed E-state index contributed by atoms with van der Waals surface area (Å²) in [6, 6.07) is 16.9. The first kappa shape index (κ1) is 16.4. The summed E-state index contributed by atoms with van der Waals surface area (Å²) in [6.45, 7) is 5.83. The molecule has 1 atom stereocenters. The third-order valence-corrected chi connectivity index (χ3v) is 3.71. The SMILES string of the molecule is CCOc1ccc(C(C)NCCc2ccc(OC)cc2)cc1. The lowest BCUT2D eigenvalue weighted by Crippen LogP contribution is -2.21. The van der Waals surface area contributed by atoms with Crippen LogP contribution in [0.25, 0.3) is 0 Å². The van der Waals surface area contributed by atoms with Crippen molar-refractivity contribution in [3.63, 3.8) is 0 Å². The van der Waals surface area contributed by atoms with Crippen molar-refractivity contribution in [2.24, 2.45) is 0 Å². The average Bonchev–Trinajstić information content (AvgIpc) is 2.56.